The maximum atomic E-state index is 11.8. The number of esters is 1. The largest absolute Gasteiger partial charge is 0.461 e. The monoisotopic (exact) mass is 333 g/mol. The Morgan fingerprint density at radius 3 is 2.71 bits per heavy atom. The molecule has 1 saturated carbocycles. The van der Waals surface area contributed by atoms with Crippen molar-refractivity contribution >= 4 is 5.97 Å². The van der Waals surface area contributed by atoms with Crippen LogP contribution in [0.4, 0.5) is 0 Å². The highest BCUT2D eigenvalue weighted by Crippen LogP contribution is 2.53. The first-order valence-corrected chi connectivity index (χ1v) is 8.85. The molecule has 1 aromatic carbocycles. The van der Waals surface area contributed by atoms with E-state index in [1.54, 1.807) is 0 Å². The van der Waals surface area contributed by atoms with Crippen LogP contribution in [-0.4, -0.2) is 52.9 Å². The number of hydrogen-bond acceptors (Lipinski definition) is 5. The van der Waals surface area contributed by atoms with E-state index in [1.165, 1.54) is 0 Å². The van der Waals surface area contributed by atoms with Crippen LogP contribution in [0.15, 0.2) is 30.3 Å². The zero-order valence-corrected chi connectivity index (χ0v) is 14.1. The van der Waals surface area contributed by atoms with E-state index >= 15 is 0 Å². The Bertz CT molecular complexity index is 544. The molecule has 0 aromatic heterocycles. The van der Waals surface area contributed by atoms with Crippen molar-refractivity contribution in [3.63, 3.8) is 0 Å². The number of benzene rings is 1. The van der Waals surface area contributed by atoms with E-state index in [9.17, 15) is 15.0 Å². The summed E-state index contributed by atoms with van der Waals surface area (Å²) >= 11 is 0. The summed E-state index contributed by atoms with van der Waals surface area (Å²) in [5, 5.41) is 20.2. The van der Waals surface area contributed by atoms with Gasteiger partial charge in [0.25, 0.3) is 0 Å². The number of likely N-dealkylation sites (tertiary alicyclic amines) is 1. The van der Waals surface area contributed by atoms with E-state index < -0.39 is 6.10 Å². The van der Waals surface area contributed by atoms with Gasteiger partial charge in [0.1, 0.15) is 6.61 Å². The average Bonchev–Trinajstić information content (AvgIpc) is 3.36. The third-order valence-electron chi connectivity index (χ3n) is 5.38. The molecule has 0 amide bonds. The van der Waals surface area contributed by atoms with E-state index in [0.29, 0.717) is 19.5 Å². The quantitative estimate of drug-likeness (QED) is 0.744. The molecule has 2 fully saturated rings. The molecule has 24 heavy (non-hydrogen) atoms. The molecule has 3 rings (SSSR count). The lowest BCUT2D eigenvalue weighted by Crippen LogP contribution is -2.45. The first-order valence-electron chi connectivity index (χ1n) is 8.85. The first kappa shape index (κ1) is 17.4. The van der Waals surface area contributed by atoms with Gasteiger partial charge in [-0.25, -0.2) is 0 Å². The minimum absolute atomic E-state index is 0.0210. The number of ether oxygens (including phenoxy) is 1. The molecule has 1 aromatic rings. The van der Waals surface area contributed by atoms with Gasteiger partial charge in [0, 0.05) is 13.1 Å². The zero-order valence-electron chi connectivity index (χ0n) is 14.1. The molecule has 2 N–H and O–H groups in total. The number of aliphatic hydroxyl groups is 2. The Morgan fingerprint density at radius 2 is 2.04 bits per heavy atom. The van der Waals surface area contributed by atoms with Crippen LogP contribution < -0.4 is 0 Å². The van der Waals surface area contributed by atoms with Crippen molar-refractivity contribution in [2.75, 3.05) is 19.6 Å². The molecule has 1 spiro atoms. The standard InChI is InChI=1S/C19H27NO4/c21-16(12-18(23)24-14-15-4-2-1-3-5-15)6-10-20-11-9-19(7-8-19)17(22)13-20/h1-5,16-17,21-22H,6-14H2/t16-,17+/m0/s1. The highest BCUT2D eigenvalue weighted by molar-refractivity contribution is 5.69. The van der Waals surface area contributed by atoms with Crippen LogP contribution in [0.2, 0.25) is 0 Å². The summed E-state index contributed by atoms with van der Waals surface area (Å²) in [7, 11) is 0. The molecular weight excluding hydrogens is 306 g/mol. The first-order chi connectivity index (χ1) is 11.6. The number of carbonyl (C=O) groups is 1. The van der Waals surface area contributed by atoms with Crippen LogP contribution in [-0.2, 0) is 16.1 Å². The Morgan fingerprint density at radius 1 is 1.29 bits per heavy atom. The summed E-state index contributed by atoms with van der Waals surface area (Å²) in [4.78, 5) is 14.0. The van der Waals surface area contributed by atoms with E-state index in [2.05, 4.69) is 4.90 Å². The highest BCUT2D eigenvalue weighted by Gasteiger charge is 2.51. The Balaban J connectivity index is 1.32. The number of nitrogens with zero attached hydrogens (tertiary/aromatic N) is 1. The minimum Gasteiger partial charge on any atom is -0.461 e. The van der Waals surface area contributed by atoms with E-state index in [0.717, 1.165) is 31.4 Å². The molecule has 2 atom stereocenters. The average molecular weight is 333 g/mol. The molecule has 5 nitrogen and oxygen atoms in total. The summed E-state index contributed by atoms with van der Waals surface area (Å²) in [6, 6.07) is 9.52. The molecule has 0 unspecified atom stereocenters. The van der Waals surface area contributed by atoms with Gasteiger partial charge in [-0.3, -0.25) is 4.79 Å². The number of rotatable bonds is 7. The topological polar surface area (TPSA) is 70.0 Å². The predicted octanol–water partition coefficient (Wildman–Crippen LogP) is 1.72. The second kappa shape index (κ2) is 7.64. The van der Waals surface area contributed by atoms with Gasteiger partial charge < -0.3 is 19.8 Å². The van der Waals surface area contributed by atoms with Crippen LogP contribution in [0.1, 0.15) is 37.7 Å². The van der Waals surface area contributed by atoms with Crippen LogP contribution in [0.5, 0.6) is 0 Å². The van der Waals surface area contributed by atoms with Crippen LogP contribution in [0, 0.1) is 5.41 Å². The SMILES string of the molecule is O=C(C[C@@H](O)CCN1CCC2(CC2)[C@H](O)C1)OCc1ccccc1. The Kier molecular flexibility index (Phi) is 5.54. The third kappa shape index (κ3) is 4.56. The number of hydrogen-bond donors (Lipinski definition) is 2. The maximum absolute atomic E-state index is 11.8. The molecule has 5 heteroatoms. The predicted molar refractivity (Wildman–Crippen MR) is 90.2 cm³/mol. The van der Waals surface area contributed by atoms with Gasteiger partial charge in [-0.2, -0.15) is 0 Å². The smallest absolute Gasteiger partial charge is 0.308 e. The molecule has 1 aliphatic carbocycles. The van der Waals surface area contributed by atoms with Gasteiger partial charge in [-0.05, 0) is 43.2 Å². The van der Waals surface area contributed by atoms with E-state index in [1.807, 2.05) is 30.3 Å². The maximum Gasteiger partial charge on any atom is 0.308 e. The van der Waals surface area contributed by atoms with Gasteiger partial charge in [-0.15, -0.1) is 0 Å². The number of aliphatic hydroxyl groups excluding tert-OH is 2. The summed E-state index contributed by atoms with van der Waals surface area (Å²) in [6.07, 6.45) is 2.97. The third-order valence-corrected chi connectivity index (χ3v) is 5.38. The Labute approximate surface area is 143 Å². The fraction of sp³-hybridized carbons (Fsp3) is 0.632. The Hall–Kier alpha value is -1.43. The molecule has 0 bridgehead atoms. The van der Waals surface area contributed by atoms with Gasteiger partial charge in [0.05, 0.1) is 18.6 Å². The molecule has 132 valence electrons. The second-order valence-corrected chi connectivity index (χ2v) is 7.22. The molecular formula is C19H27NO4. The van der Waals surface area contributed by atoms with Crippen LogP contribution in [0.25, 0.3) is 0 Å². The molecule has 1 aliphatic heterocycles. The zero-order chi connectivity index (χ0) is 17.0. The van der Waals surface area contributed by atoms with Gasteiger partial charge in [-0.1, -0.05) is 30.3 Å². The molecule has 2 aliphatic rings. The fourth-order valence-electron chi connectivity index (χ4n) is 3.45. The van der Waals surface area contributed by atoms with Gasteiger partial charge in [0.15, 0.2) is 0 Å². The van der Waals surface area contributed by atoms with E-state index in [4.69, 9.17) is 4.74 Å². The lowest BCUT2D eigenvalue weighted by molar-refractivity contribution is -0.147. The van der Waals surface area contributed by atoms with Crippen LogP contribution in [0.3, 0.4) is 0 Å². The lowest BCUT2D eigenvalue weighted by atomic mass is 9.90. The minimum atomic E-state index is -0.692. The van der Waals surface area contributed by atoms with Crippen molar-refractivity contribution < 1.29 is 19.7 Å². The normalized spacial score (nSPS) is 23.8. The molecule has 1 heterocycles. The fourth-order valence-corrected chi connectivity index (χ4v) is 3.45. The second-order valence-electron chi connectivity index (χ2n) is 7.22. The summed E-state index contributed by atoms with van der Waals surface area (Å²) < 4.78 is 5.19. The number of piperidine rings is 1. The van der Waals surface area contributed by atoms with Crippen molar-refractivity contribution in [1.29, 1.82) is 0 Å². The summed E-state index contributed by atoms with van der Waals surface area (Å²) in [5.74, 6) is -0.373. The van der Waals surface area contributed by atoms with E-state index in [-0.39, 0.29) is 30.5 Å². The summed E-state index contributed by atoms with van der Waals surface area (Å²) in [6.45, 7) is 2.61. The van der Waals surface area contributed by atoms with Crippen molar-refractivity contribution in [2.24, 2.45) is 5.41 Å². The van der Waals surface area contributed by atoms with Gasteiger partial charge in [0.2, 0.25) is 0 Å². The van der Waals surface area contributed by atoms with Crippen molar-refractivity contribution in [3.05, 3.63) is 35.9 Å². The van der Waals surface area contributed by atoms with Crippen molar-refractivity contribution in [1.82, 2.24) is 4.90 Å². The van der Waals surface area contributed by atoms with Crippen molar-refractivity contribution in [2.45, 2.75) is 50.9 Å². The van der Waals surface area contributed by atoms with Gasteiger partial charge >= 0.3 is 5.97 Å². The lowest BCUT2D eigenvalue weighted by Gasteiger charge is -2.36. The number of carbonyl (C=O) groups excluding carboxylic acids is 1. The summed E-state index contributed by atoms with van der Waals surface area (Å²) in [5.41, 5.74) is 1.15. The van der Waals surface area contributed by atoms with Crippen molar-refractivity contribution in [3.8, 4) is 0 Å². The molecule has 1 saturated heterocycles. The highest BCUT2D eigenvalue weighted by atomic mass is 16.5. The molecule has 0 radical (unpaired) electrons. The number of β-amino-alcohol motifs (C(OH)–C–C–N with tert-alkyl or cyclic N) is 1. The van der Waals surface area contributed by atoms with Crippen LogP contribution >= 0.6 is 0 Å².